The first-order valence-electron chi connectivity index (χ1n) is 6.82. The summed E-state index contributed by atoms with van der Waals surface area (Å²) < 4.78 is 29.1. The summed E-state index contributed by atoms with van der Waals surface area (Å²) in [6.45, 7) is 1.77. The molecule has 1 heterocycles. The van der Waals surface area contributed by atoms with Gasteiger partial charge in [-0.25, -0.2) is 14.2 Å². The second-order valence-electron chi connectivity index (χ2n) is 4.46. The van der Waals surface area contributed by atoms with Crippen molar-refractivity contribution in [3.63, 3.8) is 0 Å². The number of aromatic nitrogens is 2. The van der Waals surface area contributed by atoms with Gasteiger partial charge < -0.3 is 19.2 Å². The van der Waals surface area contributed by atoms with Gasteiger partial charge >= 0.3 is 5.97 Å². The van der Waals surface area contributed by atoms with Crippen molar-refractivity contribution in [2.24, 2.45) is 0 Å². The summed E-state index contributed by atoms with van der Waals surface area (Å²) >= 11 is 5.84. The first kappa shape index (κ1) is 17.7. The number of nitrogens with one attached hydrogen (secondary N) is 1. The minimum absolute atomic E-state index is 0.0558. The molecule has 7 nitrogen and oxygen atoms in total. The van der Waals surface area contributed by atoms with E-state index in [2.05, 4.69) is 14.7 Å². The molecule has 1 N–H and O–H groups in total. The van der Waals surface area contributed by atoms with Crippen LogP contribution in [0.5, 0.6) is 11.5 Å². The molecule has 128 valence electrons. The summed E-state index contributed by atoms with van der Waals surface area (Å²) in [7, 11) is 2.38. The number of hydrogen-bond acceptors (Lipinski definition) is 6. The SMILES string of the molecule is CCOc1c(C(=O)OC)nc(-c2ccc(Cl)c(OC)c2F)[nH]c1=O. The third-order valence-electron chi connectivity index (χ3n) is 3.05. The number of ether oxygens (including phenoxy) is 3. The van der Waals surface area contributed by atoms with Gasteiger partial charge in [-0.05, 0) is 19.1 Å². The molecule has 0 atom stereocenters. The van der Waals surface area contributed by atoms with Gasteiger partial charge in [-0.2, -0.15) is 0 Å². The predicted molar refractivity (Wildman–Crippen MR) is 84.3 cm³/mol. The number of benzene rings is 1. The number of carbonyl (C=O) groups excluding carboxylic acids is 1. The van der Waals surface area contributed by atoms with Crippen LogP contribution in [-0.4, -0.2) is 36.8 Å². The van der Waals surface area contributed by atoms with Crippen LogP contribution in [-0.2, 0) is 4.74 Å². The molecule has 9 heteroatoms. The number of methoxy groups -OCH3 is 2. The van der Waals surface area contributed by atoms with Crippen molar-refractivity contribution < 1.29 is 23.4 Å². The number of halogens is 2. The Morgan fingerprint density at radius 3 is 2.62 bits per heavy atom. The fourth-order valence-electron chi connectivity index (χ4n) is 2.01. The summed E-state index contributed by atoms with van der Waals surface area (Å²) in [5.41, 5.74) is -1.19. The maximum atomic E-state index is 14.5. The molecule has 0 unspecified atom stereocenters. The minimum atomic E-state index is -0.882. The highest BCUT2D eigenvalue weighted by Crippen LogP contribution is 2.33. The standard InChI is InChI=1S/C15H14ClFN2O5/c1-4-24-12-10(15(21)23-3)18-13(19-14(12)20)7-5-6-8(16)11(22-2)9(7)17/h5-6H,4H2,1-3H3,(H,18,19,20). The monoisotopic (exact) mass is 356 g/mol. The molecule has 0 aliphatic carbocycles. The number of rotatable bonds is 5. The first-order valence-corrected chi connectivity index (χ1v) is 7.20. The molecule has 0 bridgehead atoms. The number of hydrogen-bond donors (Lipinski definition) is 1. The molecular weight excluding hydrogens is 343 g/mol. The number of esters is 1. The molecule has 0 radical (unpaired) electrons. The van der Waals surface area contributed by atoms with Crippen LogP contribution >= 0.6 is 11.6 Å². The van der Waals surface area contributed by atoms with Crippen molar-refractivity contribution in [1.29, 1.82) is 0 Å². The Balaban J connectivity index is 2.71. The largest absolute Gasteiger partial charge is 0.492 e. The van der Waals surface area contributed by atoms with Gasteiger partial charge in [0.1, 0.15) is 5.82 Å². The molecule has 1 aromatic heterocycles. The van der Waals surface area contributed by atoms with Crippen LogP contribution in [0.1, 0.15) is 17.4 Å². The van der Waals surface area contributed by atoms with Crippen LogP contribution in [0.3, 0.4) is 0 Å². The number of aromatic amines is 1. The highest BCUT2D eigenvalue weighted by molar-refractivity contribution is 6.32. The Hall–Kier alpha value is -2.61. The number of H-pyrrole nitrogens is 1. The predicted octanol–water partition coefficient (Wildman–Crippen LogP) is 2.42. The molecule has 0 aliphatic heterocycles. The Morgan fingerprint density at radius 1 is 1.33 bits per heavy atom. The lowest BCUT2D eigenvalue weighted by atomic mass is 10.1. The number of nitrogens with zero attached hydrogens (tertiary/aromatic N) is 1. The zero-order valence-electron chi connectivity index (χ0n) is 13.1. The zero-order chi connectivity index (χ0) is 17.9. The van der Waals surface area contributed by atoms with E-state index in [1.165, 1.54) is 19.2 Å². The van der Waals surface area contributed by atoms with Gasteiger partial charge in [-0.3, -0.25) is 4.79 Å². The minimum Gasteiger partial charge on any atom is -0.492 e. The fraction of sp³-hybridized carbons (Fsp3) is 0.267. The summed E-state index contributed by atoms with van der Waals surface area (Å²) in [5.74, 6) is -2.39. The Bertz CT molecular complexity index is 837. The Labute approximate surface area is 141 Å². The van der Waals surface area contributed by atoms with Gasteiger partial charge in [-0.15, -0.1) is 0 Å². The molecule has 0 saturated carbocycles. The van der Waals surface area contributed by atoms with Crippen molar-refractivity contribution in [3.8, 4) is 22.9 Å². The molecule has 0 fully saturated rings. The van der Waals surface area contributed by atoms with Gasteiger partial charge in [0.05, 0.1) is 31.4 Å². The topological polar surface area (TPSA) is 90.5 Å². The zero-order valence-corrected chi connectivity index (χ0v) is 13.9. The molecule has 2 rings (SSSR count). The second kappa shape index (κ2) is 7.31. The smallest absolute Gasteiger partial charge is 0.360 e. The Morgan fingerprint density at radius 2 is 2.04 bits per heavy atom. The summed E-state index contributed by atoms with van der Waals surface area (Å²) in [4.78, 5) is 30.4. The van der Waals surface area contributed by atoms with E-state index in [-0.39, 0.29) is 40.2 Å². The van der Waals surface area contributed by atoms with Crippen LogP contribution in [0.4, 0.5) is 4.39 Å². The molecule has 0 spiro atoms. The average molecular weight is 357 g/mol. The molecule has 2 aromatic rings. The van der Waals surface area contributed by atoms with Gasteiger partial charge in [0, 0.05) is 0 Å². The van der Waals surface area contributed by atoms with E-state index in [1.54, 1.807) is 6.92 Å². The lowest BCUT2D eigenvalue weighted by Gasteiger charge is -2.11. The third kappa shape index (κ3) is 3.18. The number of carbonyl (C=O) groups is 1. The molecule has 0 amide bonds. The Kier molecular flexibility index (Phi) is 5.40. The van der Waals surface area contributed by atoms with Crippen molar-refractivity contribution in [2.75, 3.05) is 20.8 Å². The lowest BCUT2D eigenvalue weighted by Crippen LogP contribution is -2.20. The van der Waals surface area contributed by atoms with Gasteiger partial charge in [-0.1, -0.05) is 11.6 Å². The first-order chi connectivity index (χ1) is 11.4. The van der Waals surface area contributed by atoms with E-state index in [4.69, 9.17) is 21.1 Å². The van der Waals surface area contributed by atoms with Crippen molar-refractivity contribution in [1.82, 2.24) is 9.97 Å². The third-order valence-corrected chi connectivity index (χ3v) is 3.35. The van der Waals surface area contributed by atoms with E-state index in [0.29, 0.717) is 0 Å². The van der Waals surface area contributed by atoms with Crippen LogP contribution in [0.15, 0.2) is 16.9 Å². The van der Waals surface area contributed by atoms with E-state index >= 15 is 0 Å². The summed E-state index contributed by atoms with van der Waals surface area (Å²) in [6, 6.07) is 2.69. The van der Waals surface area contributed by atoms with Crippen LogP contribution in [0, 0.1) is 5.82 Å². The maximum absolute atomic E-state index is 14.5. The van der Waals surface area contributed by atoms with Crippen LogP contribution < -0.4 is 15.0 Å². The van der Waals surface area contributed by atoms with Gasteiger partial charge in [0.25, 0.3) is 5.56 Å². The molecular formula is C15H14ClFN2O5. The summed E-state index contributed by atoms with van der Waals surface area (Å²) in [6.07, 6.45) is 0. The van der Waals surface area contributed by atoms with Crippen LogP contribution in [0.25, 0.3) is 11.4 Å². The van der Waals surface area contributed by atoms with E-state index in [0.717, 1.165) is 7.11 Å². The van der Waals surface area contributed by atoms with E-state index in [1.807, 2.05) is 0 Å². The van der Waals surface area contributed by atoms with Crippen molar-refractivity contribution in [3.05, 3.63) is 39.0 Å². The molecule has 0 aliphatic rings. The molecule has 24 heavy (non-hydrogen) atoms. The van der Waals surface area contributed by atoms with Crippen molar-refractivity contribution in [2.45, 2.75) is 6.92 Å². The van der Waals surface area contributed by atoms with Gasteiger partial charge in [0.2, 0.25) is 5.75 Å². The quantitative estimate of drug-likeness (QED) is 0.827. The second-order valence-corrected chi connectivity index (χ2v) is 4.87. The fourth-order valence-corrected chi connectivity index (χ4v) is 2.23. The van der Waals surface area contributed by atoms with Gasteiger partial charge in [0.15, 0.2) is 17.3 Å². The highest BCUT2D eigenvalue weighted by Gasteiger charge is 2.23. The molecule has 1 aromatic carbocycles. The van der Waals surface area contributed by atoms with E-state index in [9.17, 15) is 14.0 Å². The highest BCUT2D eigenvalue weighted by atomic mass is 35.5. The molecule has 0 saturated heterocycles. The van der Waals surface area contributed by atoms with E-state index < -0.39 is 17.3 Å². The van der Waals surface area contributed by atoms with Crippen LogP contribution in [0.2, 0.25) is 5.02 Å². The van der Waals surface area contributed by atoms with Crippen molar-refractivity contribution >= 4 is 17.6 Å². The lowest BCUT2D eigenvalue weighted by molar-refractivity contribution is 0.0588. The average Bonchev–Trinajstić information content (AvgIpc) is 2.56. The maximum Gasteiger partial charge on any atom is 0.360 e. The normalized spacial score (nSPS) is 10.4. The summed E-state index contributed by atoms with van der Waals surface area (Å²) in [5, 5.41) is 0.0558.